The normalized spacial score (nSPS) is 12.2. The lowest BCUT2D eigenvalue weighted by atomic mass is 9.93. The fourth-order valence-corrected chi connectivity index (χ4v) is 3.26. The van der Waals surface area contributed by atoms with Crippen molar-refractivity contribution in [3.8, 4) is 0 Å². The molecule has 1 unspecified atom stereocenters. The minimum absolute atomic E-state index is 0.00616. The second kappa shape index (κ2) is 8.88. The Morgan fingerprint density at radius 2 is 1.73 bits per heavy atom. The molecule has 0 aromatic heterocycles. The van der Waals surface area contributed by atoms with E-state index in [1.165, 1.54) is 24.3 Å². The summed E-state index contributed by atoms with van der Waals surface area (Å²) in [5.41, 5.74) is 1.67. The van der Waals surface area contributed by atoms with Gasteiger partial charge in [-0.15, -0.1) is 0 Å². The Balaban J connectivity index is 1.91. The Bertz CT molecular complexity index is 866. The van der Waals surface area contributed by atoms with E-state index in [1.807, 2.05) is 37.3 Å². The lowest BCUT2D eigenvalue weighted by molar-refractivity contribution is -0.120. The van der Waals surface area contributed by atoms with Gasteiger partial charge in [0, 0.05) is 12.1 Å². The number of thiocarbonyl (C=S) groups is 1. The van der Waals surface area contributed by atoms with Gasteiger partial charge >= 0.3 is 0 Å². The molecule has 1 amide bonds. The lowest BCUT2D eigenvalue weighted by Gasteiger charge is -2.16. The van der Waals surface area contributed by atoms with Crippen molar-refractivity contribution >= 4 is 38.9 Å². The smallest absolute Gasteiger partial charge is 0.238 e. The van der Waals surface area contributed by atoms with Crippen LogP contribution in [0.4, 0.5) is 5.69 Å². The van der Waals surface area contributed by atoms with Crippen molar-refractivity contribution in [1.29, 1.82) is 0 Å². The topological polar surface area (TPSA) is 101 Å². The van der Waals surface area contributed by atoms with E-state index in [0.29, 0.717) is 12.1 Å². The summed E-state index contributed by atoms with van der Waals surface area (Å²) in [6.07, 6.45) is 1.17. The number of hydrogen-bond donors (Lipinski definition) is 3. The minimum atomic E-state index is -3.74. The van der Waals surface area contributed by atoms with Crippen molar-refractivity contribution in [2.45, 2.75) is 30.6 Å². The van der Waals surface area contributed by atoms with E-state index in [9.17, 15) is 13.2 Å². The van der Waals surface area contributed by atoms with Gasteiger partial charge in [0.05, 0.1) is 4.90 Å². The van der Waals surface area contributed by atoms with Crippen LogP contribution in [0.15, 0.2) is 59.5 Å². The first kappa shape index (κ1) is 20.0. The predicted molar refractivity (Wildman–Crippen MR) is 106 cm³/mol. The van der Waals surface area contributed by atoms with Crippen LogP contribution >= 0.6 is 12.2 Å². The molecule has 0 bridgehead atoms. The van der Waals surface area contributed by atoms with Crippen LogP contribution in [0, 0.1) is 0 Å². The first-order valence-corrected chi connectivity index (χ1v) is 10.0. The number of nitrogens with one attached hydrogen (secondary N) is 2. The van der Waals surface area contributed by atoms with Crippen LogP contribution in [0.3, 0.4) is 0 Å². The minimum Gasteiger partial charge on any atom is -0.332 e. The Morgan fingerprint density at radius 3 is 2.27 bits per heavy atom. The molecule has 26 heavy (non-hydrogen) atoms. The third-order valence-corrected chi connectivity index (χ3v) is 5.02. The zero-order chi connectivity index (χ0) is 19.2. The van der Waals surface area contributed by atoms with Crippen LogP contribution < -0.4 is 15.8 Å². The summed E-state index contributed by atoms with van der Waals surface area (Å²) >= 11 is 5.14. The number of primary sulfonamides is 1. The maximum absolute atomic E-state index is 12.2. The molecule has 0 radical (unpaired) electrons. The summed E-state index contributed by atoms with van der Waals surface area (Å²) in [5, 5.41) is 10.7. The first-order chi connectivity index (χ1) is 12.3. The van der Waals surface area contributed by atoms with Crippen molar-refractivity contribution < 1.29 is 13.2 Å². The van der Waals surface area contributed by atoms with E-state index in [-0.39, 0.29) is 21.8 Å². The molecule has 2 aromatic rings. The van der Waals surface area contributed by atoms with Crippen LogP contribution in [0.1, 0.15) is 31.2 Å². The van der Waals surface area contributed by atoms with Crippen molar-refractivity contribution in [2.75, 3.05) is 5.32 Å². The van der Waals surface area contributed by atoms with E-state index in [0.717, 1.165) is 12.0 Å². The average molecular weight is 392 g/mol. The largest absolute Gasteiger partial charge is 0.332 e. The molecule has 8 heteroatoms. The van der Waals surface area contributed by atoms with E-state index >= 15 is 0 Å². The van der Waals surface area contributed by atoms with Gasteiger partial charge in [-0.25, -0.2) is 13.6 Å². The van der Waals surface area contributed by atoms with Gasteiger partial charge in [-0.05, 0) is 54.4 Å². The van der Waals surface area contributed by atoms with Crippen LogP contribution in [0.25, 0.3) is 0 Å². The Morgan fingerprint density at radius 1 is 1.12 bits per heavy atom. The number of carbonyl (C=O) groups is 1. The van der Waals surface area contributed by atoms with Gasteiger partial charge in [-0.3, -0.25) is 4.79 Å². The van der Waals surface area contributed by atoms with Crippen LogP contribution in [-0.4, -0.2) is 19.4 Å². The van der Waals surface area contributed by atoms with Crippen molar-refractivity contribution in [2.24, 2.45) is 5.14 Å². The number of anilines is 1. The van der Waals surface area contributed by atoms with Gasteiger partial charge in [0.2, 0.25) is 15.9 Å². The number of amides is 1. The molecule has 0 aliphatic rings. The van der Waals surface area contributed by atoms with E-state index < -0.39 is 10.0 Å². The predicted octanol–water partition coefficient (Wildman–Crippen LogP) is 2.73. The molecule has 2 rings (SSSR count). The van der Waals surface area contributed by atoms with E-state index in [1.54, 1.807) is 0 Å². The first-order valence-electron chi connectivity index (χ1n) is 8.08. The molecule has 0 heterocycles. The Labute approximate surface area is 158 Å². The second-order valence-electron chi connectivity index (χ2n) is 5.79. The molecular weight excluding hydrogens is 370 g/mol. The Kier molecular flexibility index (Phi) is 6.84. The second-order valence-corrected chi connectivity index (χ2v) is 7.76. The molecule has 4 N–H and O–H groups in total. The van der Waals surface area contributed by atoms with Crippen LogP contribution in [0.5, 0.6) is 0 Å². The monoisotopic (exact) mass is 391 g/mol. The van der Waals surface area contributed by atoms with Gasteiger partial charge < -0.3 is 10.6 Å². The molecule has 0 aliphatic carbocycles. The average Bonchev–Trinajstić information content (AvgIpc) is 2.60. The molecule has 0 fully saturated rings. The highest BCUT2D eigenvalue weighted by Gasteiger charge is 2.15. The molecule has 0 aliphatic heterocycles. The lowest BCUT2D eigenvalue weighted by Crippen LogP contribution is -2.34. The third-order valence-electron chi connectivity index (χ3n) is 3.89. The van der Waals surface area contributed by atoms with Gasteiger partial charge in [-0.2, -0.15) is 0 Å². The zero-order valence-electron chi connectivity index (χ0n) is 14.3. The number of nitrogens with two attached hydrogens (primary N) is 1. The van der Waals surface area contributed by atoms with Crippen molar-refractivity contribution in [3.63, 3.8) is 0 Å². The Hall–Kier alpha value is -2.29. The molecule has 138 valence electrons. The van der Waals surface area contributed by atoms with Gasteiger partial charge in [-0.1, -0.05) is 37.3 Å². The summed E-state index contributed by atoms with van der Waals surface area (Å²) in [6, 6.07) is 15.6. The fraction of sp³-hybridized carbons (Fsp3) is 0.222. The highest BCUT2D eigenvalue weighted by atomic mass is 32.2. The molecule has 0 spiro atoms. The number of carbonyl (C=O) groups excluding carboxylic acids is 1. The molecule has 2 aromatic carbocycles. The van der Waals surface area contributed by atoms with Crippen molar-refractivity contribution in [3.05, 3.63) is 60.2 Å². The highest BCUT2D eigenvalue weighted by molar-refractivity contribution is 7.89. The van der Waals surface area contributed by atoms with E-state index in [4.69, 9.17) is 17.4 Å². The maximum atomic E-state index is 12.2. The van der Waals surface area contributed by atoms with Gasteiger partial charge in [0.1, 0.15) is 0 Å². The number of hydrogen-bond acceptors (Lipinski definition) is 4. The molecule has 6 nitrogen and oxygen atoms in total. The molecule has 1 atom stereocenters. The number of benzene rings is 2. The quantitative estimate of drug-likeness (QED) is 0.657. The third kappa shape index (κ3) is 5.91. The molecule has 0 saturated carbocycles. The summed E-state index contributed by atoms with van der Waals surface area (Å²) in [4.78, 5) is 12.2. The molecule has 0 saturated heterocycles. The number of sulfonamides is 1. The van der Waals surface area contributed by atoms with Crippen molar-refractivity contribution in [1.82, 2.24) is 5.32 Å². The van der Waals surface area contributed by atoms with Crippen LogP contribution in [0.2, 0.25) is 0 Å². The zero-order valence-corrected chi connectivity index (χ0v) is 15.9. The van der Waals surface area contributed by atoms with Gasteiger partial charge in [0.15, 0.2) is 5.11 Å². The fourth-order valence-electron chi connectivity index (χ4n) is 2.51. The summed E-state index contributed by atoms with van der Waals surface area (Å²) in [6.45, 7) is 2.04. The number of rotatable bonds is 6. The summed E-state index contributed by atoms with van der Waals surface area (Å²) in [7, 11) is -3.74. The standard InChI is InChI=1S/C18H21N3O3S2/c1-2-13(14-6-4-3-5-7-14)12-17(22)21-18(25)20-15-8-10-16(11-9-15)26(19,23)24/h3-11,13H,2,12H2,1H3,(H2,19,23,24)(H2,20,21,22,25). The summed E-state index contributed by atoms with van der Waals surface area (Å²) < 4.78 is 22.5. The summed E-state index contributed by atoms with van der Waals surface area (Å²) in [5.74, 6) is -0.0626. The van der Waals surface area contributed by atoms with Crippen LogP contribution in [-0.2, 0) is 14.8 Å². The van der Waals surface area contributed by atoms with Gasteiger partial charge in [0.25, 0.3) is 0 Å². The SMILES string of the molecule is CCC(CC(=O)NC(=S)Nc1ccc(S(N)(=O)=O)cc1)c1ccccc1. The highest BCUT2D eigenvalue weighted by Crippen LogP contribution is 2.22. The van der Waals surface area contributed by atoms with E-state index in [2.05, 4.69) is 10.6 Å². The molecular formula is C18H21N3O3S2. The maximum Gasteiger partial charge on any atom is 0.238 e.